The van der Waals surface area contributed by atoms with E-state index in [1.165, 1.54) is 0 Å². The molecule has 0 bridgehead atoms. The van der Waals surface area contributed by atoms with Crippen LogP contribution in [0.2, 0.25) is 0 Å². The molecule has 2 heterocycles. The highest BCUT2D eigenvalue weighted by molar-refractivity contribution is 8.18. The SMILES string of the molecule is Cc1cccc(NC(=O)CN2C(=O)S/C(=C/c3ccncc3)C2=O)c1. The second kappa shape index (κ2) is 7.31. The van der Waals surface area contributed by atoms with Crippen molar-refractivity contribution in [3.63, 3.8) is 0 Å². The Morgan fingerprint density at radius 3 is 2.72 bits per heavy atom. The number of anilines is 1. The van der Waals surface area contributed by atoms with E-state index in [0.29, 0.717) is 10.6 Å². The summed E-state index contributed by atoms with van der Waals surface area (Å²) in [7, 11) is 0. The average Bonchev–Trinajstić information content (AvgIpc) is 2.83. The van der Waals surface area contributed by atoms with Crippen molar-refractivity contribution in [2.45, 2.75) is 6.92 Å². The van der Waals surface area contributed by atoms with E-state index in [9.17, 15) is 14.4 Å². The Morgan fingerprint density at radius 2 is 2.00 bits per heavy atom. The van der Waals surface area contributed by atoms with Gasteiger partial charge in [0.25, 0.3) is 11.1 Å². The average molecular weight is 353 g/mol. The van der Waals surface area contributed by atoms with Gasteiger partial charge in [0.1, 0.15) is 6.54 Å². The minimum atomic E-state index is -0.466. The summed E-state index contributed by atoms with van der Waals surface area (Å²) in [6.45, 7) is 1.60. The summed E-state index contributed by atoms with van der Waals surface area (Å²) in [4.78, 5) is 41.7. The number of rotatable bonds is 4. The van der Waals surface area contributed by atoms with Gasteiger partial charge in [0, 0.05) is 18.1 Å². The molecule has 3 amide bonds. The largest absolute Gasteiger partial charge is 0.325 e. The number of nitrogens with one attached hydrogen (secondary N) is 1. The Balaban J connectivity index is 1.68. The first-order chi connectivity index (χ1) is 12.0. The Bertz CT molecular complexity index is 865. The zero-order chi connectivity index (χ0) is 17.8. The summed E-state index contributed by atoms with van der Waals surface area (Å²) in [5.41, 5.74) is 2.40. The maximum atomic E-state index is 12.4. The van der Waals surface area contributed by atoms with E-state index >= 15 is 0 Å². The van der Waals surface area contributed by atoms with Crippen molar-refractivity contribution in [2.75, 3.05) is 11.9 Å². The van der Waals surface area contributed by atoms with E-state index in [1.54, 1.807) is 36.7 Å². The zero-order valence-electron chi connectivity index (χ0n) is 13.4. The van der Waals surface area contributed by atoms with Crippen molar-refractivity contribution in [3.05, 3.63) is 64.8 Å². The molecule has 7 heteroatoms. The predicted octanol–water partition coefficient (Wildman–Crippen LogP) is 3.07. The smallest absolute Gasteiger partial charge is 0.294 e. The summed E-state index contributed by atoms with van der Waals surface area (Å²) >= 11 is 0.825. The van der Waals surface area contributed by atoms with Gasteiger partial charge in [-0.25, -0.2) is 0 Å². The number of imide groups is 1. The molecule has 1 N–H and O–H groups in total. The lowest BCUT2D eigenvalue weighted by molar-refractivity contribution is -0.127. The van der Waals surface area contributed by atoms with Crippen LogP contribution in [0.25, 0.3) is 6.08 Å². The number of hydrogen-bond acceptors (Lipinski definition) is 5. The summed E-state index contributed by atoms with van der Waals surface area (Å²) < 4.78 is 0. The third-order valence-corrected chi connectivity index (χ3v) is 4.39. The van der Waals surface area contributed by atoms with Gasteiger partial charge in [-0.3, -0.25) is 24.3 Å². The topological polar surface area (TPSA) is 79.4 Å². The van der Waals surface area contributed by atoms with Gasteiger partial charge in [-0.15, -0.1) is 0 Å². The highest BCUT2D eigenvalue weighted by Gasteiger charge is 2.36. The molecule has 1 aliphatic heterocycles. The van der Waals surface area contributed by atoms with Gasteiger partial charge in [0.2, 0.25) is 5.91 Å². The third-order valence-electron chi connectivity index (χ3n) is 3.48. The molecule has 1 saturated heterocycles. The minimum absolute atomic E-state index is 0.291. The van der Waals surface area contributed by atoms with Crippen LogP contribution in [0.15, 0.2) is 53.7 Å². The number of thioether (sulfide) groups is 1. The summed E-state index contributed by atoms with van der Waals surface area (Å²) in [6.07, 6.45) is 4.82. The van der Waals surface area contributed by atoms with Crippen molar-refractivity contribution in [3.8, 4) is 0 Å². The van der Waals surface area contributed by atoms with Crippen molar-refractivity contribution < 1.29 is 14.4 Å². The lowest BCUT2D eigenvalue weighted by Gasteiger charge is -2.12. The highest BCUT2D eigenvalue weighted by atomic mass is 32.2. The molecular weight excluding hydrogens is 338 g/mol. The quantitative estimate of drug-likeness (QED) is 0.855. The summed E-state index contributed by atoms with van der Waals surface area (Å²) in [5, 5.41) is 2.24. The van der Waals surface area contributed by atoms with Crippen molar-refractivity contribution in [2.24, 2.45) is 0 Å². The standard InChI is InChI=1S/C18H15N3O3S/c1-12-3-2-4-14(9-12)20-16(22)11-21-17(23)15(25-18(21)24)10-13-5-7-19-8-6-13/h2-10H,11H2,1H3,(H,20,22)/b15-10+. The number of nitrogens with zero attached hydrogens (tertiary/aromatic N) is 2. The lowest BCUT2D eigenvalue weighted by Crippen LogP contribution is -2.36. The van der Waals surface area contributed by atoms with Crippen LogP contribution in [0.3, 0.4) is 0 Å². The molecular formula is C18H15N3O3S. The molecule has 1 aromatic heterocycles. The van der Waals surface area contributed by atoms with Gasteiger partial charge < -0.3 is 5.32 Å². The van der Waals surface area contributed by atoms with Gasteiger partial charge >= 0.3 is 0 Å². The monoisotopic (exact) mass is 353 g/mol. The molecule has 25 heavy (non-hydrogen) atoms. The maximum absolute atomic E-state index is 12.4. The number of aromatic nitrogens is 1. The fraction of sp³-hybridized carbons (Fsp3) is 0.111. The van der Waals surface area contributed by atoms with Crippen LogP contribution in [-0.4, -0.2) is 33.5 Å². The van der Waals surface area contributed by atoms with E-state index in [-0.39, 0.29) is 6.54 Å². The van der Waals surface area contributed by atoms with Crippen LogP contribution in [-0.2, 0) is 9.59 Å². The molecule has 0 spiro atoms. The Morgan fingerprint density at radius 1 is 1.24 bits per heavy atom. The van der Waals surface area contributed by atoms with Crippen LogP contribution in [0, 0.1) is 6.92 Å². The summed E-state index contributed by atoms with van der Waals surface area (Å²) in [5.74, 6) is -0.885. The first-order valence-electron chi connectivity index (χ1n) is 7.55. The van der Waals surface area contributed by atoms with Crippen LogP contribution in [0.5, 0.6) is 0 Å². The maximum Gasteiger partial charge on any atom is 0.294 e. The molecule has 1 fully saturated rings. The molecule has 0 aliphatic carbocycles. The summed E-state index contributed by atoms with van der Waals surface area (Å²) in [6, 6.07) is 10.8. The Labute approximate surface area is 148 Å². The fourth-order valence-electron chi connectivity index (χ4n) is 2.31. The number of aryl methyl sites for hydroxylation is 1. The van der Waals surface area contributed by atoms with E-state index in [0.717, 1.165) is 27.8 Å². The first-order valence-corrected chi connectivity index (χ1v) is 8.36. The number of amides is 3. The van der Waals surface area contributed by atoms with Crippen molar-refractivity contribution in [1.29, 1.82) is 0 Å². The van der Waals surface area contributed by atoms with Gasteiger partial charge in [-0.05, 0) is 60.2 Å². The van der Waals surface area contributed by atoms with Crippen LogP contribution >= 0.6 is 11.8 Å². The highest BCUT2D eigenvalue weighted by Crippen LogP contribution is 2.31. The molecule has 2 aromatic rings. The van der Waals surface area contributed by atoms with E-state index in [1.807, 2.05) is 25.1 Å². The van der Waals surface area contributed by atoms with E-state index in [2.05, 4.69) is 10.3 Å². The molecule has 0 radical (unpaired) electrons. The molecule has 0 unspecified atom stereocenters. The lowest BCUT2D eigenvalue weighted by atomic mass is 10.2. The van der Waals surface area contributed by atoms with Gasteiger partial charge in [0.05, 0.1) is 4.91 Å². The number of pyridine rings is 1. The fourth-order valence-corrected chi connectivity index (χ4v) is 3.15. The first kappa shape index (κ1) is 16.9. The predicted molar refractivity (Wildman–Crippen MR) is 96.7 cm³/mol. The molecule has 126 valence electrons. The van der Waals surface area contributed by atoms with E-state index in [4.69, 9.17) is 0 Å². The second-order valence-electron chi connectivity index (χ2n) is 5.47. The molecule has 6 nitrogen and oxygen atoms in total. The molecule has 1 aliphatic rings. The second-order valence-corrected chi connectivity index (χ2v) is 6.46. The molecule has 1 aromatic carbocycles. The van der Waals surface area contributed by atoms with Crippen LogP contribution < -0.4 is 5.32 Å². The Kier molecular flexibility index (Phi) is 4.95. The molecule has 0 saturated carbocycles. The Hall–Kier alpha value is -2.93. The molecule has 0 atom stereocenters. The van der Waals surface area contributed by atoms with Crippen LogP contribution in [0.1, 0.15) is 11.1 Å². The zero-order valence-corrected chi connectivity index (χ0v) is 14.2. The van der Waals surface area contributed by atoms with Gasteiger partial charge in [-0.1, -0.05) is 12.1 Å². The van der Waals surface area contributed by atoms with Crippen LogP contribution in [0.4, 0.5) is 10.5 Å². The third kappa shape index (κ3) is 4.13. The van der Waals surface area contributed by atoms with Gasteiger partial charge in [-0.2, -0.15) is 0 Å². The number of carbonyl (C=O) groups is 3. The van der Waals surface area contributed by atoms with E-state index < -0.39 is 17.1 Å². The van der Waals surface area contributed by atoms with Gasteiger partial charge in [0.15, 0.2) is 0 Å². The van der Waals surface area contributed by atoms with Crippen molar-refractivity contribution in [1.82, 2.24) is 9.88 Å². The minimum Gasteiger partial charge on any atom is -0.325 e. The molecule has 3 rings (SSSR count). The van der Waals surface area contributed by atoms with Crippen molar-refractivity contribution >= 4 is 40.6 Å². The normalized spacial score (nSPS) is 15.7. The number of carbonyl (C=O) groups excluding carboxylic acids is 3. The number of hydrogen-bond donors (Lipinski definition) is 1. The number of benzene rings is 1.